The first kappa shape index (κ1) is 13.7. The molecule has 2 rings (SSSR count). The number of hydrogen-bond donors (Lipinski definition) is 1. The van der Waals surface area contributed by atoms with Gasteiger partial charge in [0.25, 0.3) is 0 Å². The Kier molecular flexibility index (Phi) is 3.96. The van der Waals surface area contributed by atoms with Crippen molar-refractivity contribution in [2.45, 2.75) is 26.3 Å². The van der Waals surface area contributed by atoms with Gasteiger partial charge in [-0.05, 0) is 37.5 Å². The molecule has 2 N–H and O–H groups in total. The summed E-state index contributed by atoms with van der Waals surface area (Å²) < 4.78 is 26.4. The topological polar surface area (TPSA) is 26.0 Å². The minimum atomic E-state index is -0.568. The van der Waals surface area contributed by atoms with E-state index in [1.807, 2.05) is 26.0 Å². The Balaban J connectivity index is 2.22. The maximum Gasteiger partial charge on any atom is 0.129 e. The Bertz CT molecular complexity index is 573. The van der Waals surface area contributed by atoms with Crippen molar-refractivity contribution < 1.29 is 8.78 Å². The summed E-state index contributed by atoms with van der Waals surface area (Å²) in [7, 11) is 0. The summed E-state index contributed by atoms with van der Waals surface area (Å²) in [5.41, 5.74) is 9.78. The zero-order chi connectivity index (χ0) is 14.0. The van der Waals surface area contributed by atoms with Crippen molar-refractivity contribution in [1.82, 2.24) is 0 Å². The summed E-state index contributed by atoms with van der Waals surface area (Å²) >= 11 is 0. The maximum absolute atomic E-state index is 13.6. The third kappa shape index (κ3) is 3.38. The summed E-state index contributed by atoms with van der Waals surface area (Å²) in [5, 5.41) is 0. The monoisotopic (exact) mass is 261 g/mol. The van der Waals surface area contributed by atoms with Gasteiger partial charge in [0.05, 0.1) is 0 Å². The molecule has 0 aliphatic heterocycles. The summed E-state index contributed by atoms with van der Waals surface area (Å²) in [6, 6.07) is 9.37. The largest absolute Gasteiger partial charge is 0.324 e. The average Bonchev–Trinajstić information content (AvgIpc) is 2.31. The lowest BCUT2D eigenvalue weighted by atomic mass is 9.96. The van der Waals surface area contributed by atoms with Gasteiger partial charge >= 0.3 is 0 Å². The lowest BCUT2D eigenvalue weighted by Gasteiger charge is -2.14. The molecule has 0 fully saturated rings. The smallest absolute Gasteiger partial charge is 0.129 e. The van der Waals surface area contributed by atoms with E-state index in [1.54, 1.807) is 0 Å². The molecule has 0 saturated heterocycles. The van der Waals surface area contributed by atoms with Crippen molar-refractivity contribution >= 4 is 0 Å². The van der Waals surface area contributed by atoms with Gasteiger partial charge in [-0.2, -0.15) is 0 Å². The second-order valence-electron chi connectivity index (χ2n) is 4.97. The standard InChI is InChI=1S/C16H17F2N/c1-10-5-11(2)7-13(6-10)16(19)8-12-3-4-14(17)9-15(12)18/h3-7,9,16H,8,19H2,1-2H3. The molecule has 3 heteroatoms. The number of rotatable bonds is 3. The molecule has 0 spiro atoms. The molecule has 0 heterocycles. The van der Waals surface area contributed by atoms with Gasteiger partial charge in [0, 0.05) is 12.1 Å². The molecule has 1 unspecified atom stereocenters. The molecule has 2 aromatic carbocycles. The van der Waals surface area contributed by atoms with E-state index >= 15 is 0 Å². The van der Waals surface area contributed by atoms with E-state index in [0.29, 0.717) is 12.0 Å². The molecule has 100 valence electrons. The molecule has 0 saturated carbocycles. The first-order chi connectivity index (χ1) is 8.95. The van der Waals surface area contributed by atoms with Crippen molar-refractivity contribution in [2.75, 3.05) is 0 Å². The number of halogens is 2. The second-order valence-corrected chi connectivity index (χ2v) is 4.97. The zero-order valence-corrected chi connectivity index (χ0v) is 11.1. The molecule has 0 aliphatic rings. The quantitative estimate of drug-likeness (QED) is 0.893. The summed E-state index contributed by atoms with van der Waals surface area (Å²) in [6.45, 7) is 4.00. The van der Waals surface area contributed by atoms with Crippen LogP contribution in [0, 0.1) is 25.5 Å². The fourth-order valence-electron chi connectivity index (χ4n) is 2.27. The normalized spacial score (nSPS) is 12.5. The number of aryl methyl sites for hydroxylation is 2. The molecule has 1 nitrogen and oxygen atoms in total. The van der Waals surface area contributed by atoms with Crippen LogP contribution in [0.15, 0.2) is 36.4 Å². The Morgan fingerprint density at radius 1 is 1.00 bits per heavy atom. The highest BCUT2D eigenvalue weighted by Gasteiger charge is 2.11. The highest BCUT2D eigenvalue weighted by atomic mass is 19.1. The lowest BCUT2D eigenvalue weighted by molar-refractivity contribution is 0.563. The van der Waals surface area contributed by atoms with Gasteiger partial charge in [-0.1, -0.05) is 35.4 Å². The Morgan fingerprint density at radius 2 is 1.63 bits per heavy atom. The van der Waals surface area contributed by atoms with E-state index < -0.39 is 11.6 Å². The average molecular weight is 261 g/mol. The second kappa shape index (κ2) is 5.49. The van der Waals surface area contributed by atoms with E-state index in [4.69, 9.17) is 5.73 Å². The van der Waals surface area contributed by atoms with Gasteiger partial charge in [0.2, 0.25) is 0 Å². The van der Waals surface area contributed by atoms with Gasteiger partial charge in [0.15, 0.2) is 0 Å². The fraction of sp³-hybridized carbons (Fsp3) is 0.250. The Labute approximate surface area is 112 Å². The molecule has 2 aromatic rings. The predicted molar refractivity (Wildman–Crippen MR) is 72.9 cm³/mol. The minimum absolute atomic E-state index is 0.293. The first-order valence-electron chi connectivity index (χ1n) is 6.23. The van der Waals surface area contributed by atoms with E-state index in [0.717, 1.165) is 22.8 Å². The zero-order valence-electron chi connectivity index (χ0n) is 11.1. The van der Waals surface area contributed by atoms with Crippen LogP contribution in [0.3, 0.4) is 0 Å². The SMILES string of the molecule is Cc1cc(C)cc(C(N)Cc2ccc(F)cc2F)c1. The van der Waals surface area contributed by atoms with Crippen LogP contribution >= 0.6 is 0 Å². The molecule has 0 bridgehead atoms. The van der Waals surface area contributed by atoms with Crippen LogP contribution in [-0.4, -0.2) is 0 Å². The van der Waals surface area contributed by atoms with Crippen LogP contribution in [0.25, 0.3) is 0 Å². The van der Waals surface area contributed by atoms with E-state index in [9.17, 15) is 8.78 Å². The van der Waals surface area contributed by atoms with Crippen LogP contribution in [0.2, 0.25) is 0 Å². The van der Waals surface area contributed by atoms with E-state index in [1.165, 1.54) is 12.1 Å². The molecule has 0 amide bonds. The predicted octanol–water partition coefficient (Wildman–Crippen LogP) is 3.82. The molecule has 1 atom stereocenters. The van der Waals surface area contributed by atoms with Crippen LogP contribution in [-0.2, 0) is 6.42 Å². The van der Waals surface area contributed by atoms with E-state index in [2.05, 4.69) is 6.07 Å². The van der Waals surface area contributed by atoms with Gasteiger partial charge in [-0.3, -0.25) is 0 Å². The molecule has 0 aliphatic carbocycles. The third-order valence-electron chi connectivity index (χ3n) is 3.13. The Morgan fingerprint density at radius 3 is 2.21 bits per heavy atom. The molecular formula is C16H17F2N. The summed E-state index contributed by atoms with van der Waals surface area (Å²) in [4.78, 5) is 0. The number of benzene rings is 2. The van der Waals surface area contributed by atoms with Crippen LogP contribution < -0.4 is 5.73 Å². The number of hydrogen-bond acceptors (Lipinski definition) is 1. The number of nitrogens with two attached hydrogens (primary N) is 1. The molecule has 0 radical (unpaired) electrons. The van der Waals surface area contributed by atoms with Crippen LogP contribution in [0.5, 0.6) is 0 Å². The first-order valence-corrected chi connectivity index (χ1v) is 6.23. The summed E-state index contributed by atoms with van der Waals surface area (Å²) in [5.74, 6) is -1.11. The minimum Gasteiger partial charge on any atom is -0.324 e. The van der Waals surface area contributed by atoms with Crippen molar-refractivity contribution in [3.8, 4) is 0 Å². The van der Waals surface area contributed by atoms with Gasteiger partial charge in [-0.25, -0.2) is 8.78 Å². The molecule has 0 aromatic heterocycles. The highest BCUT2D eigenvalue weighted by Crippen LogP contribution is 2.21. The van der Waals surface area contributed by atoms with Crippen molar-refractivity contribution in [3.05, 3.63) is 70.3 Å². The third-order valence-corrected chi connectivity index (χ3v) is 3.13. The van der Waals surface area contributed by atoms with Crippen molar-refractivity contribution in [2.24, 2.45) is 5.73 Å². The van der Waals surface area contributed by atoms with Gasteiger partial charge < -0.3 is 5.73 Å². The summed E-state index contributed by atoms with van der Waals surface area (Å²) in [6.07, 6.45) is 0.356. The molecule has 19 heavy (non-hydrogen) atoms. The molecular weight excluding hydrogens is 244 g/mol. The Hall–Kier alpha value is -1.74. The van der Waals surface area contributed by atoms with E-state index in [-0.39, 0.29) is 6.04 Å². The van der Waals surface area contributed by atoms with Crippen LogP contribution in [0.4, 0.5) is 8.78 Å². The van der Waals surface area contributed by atoms with Gasteiger partial charge in [0.1, 0.15) is 11.6 Å². The fourth-order valence-corrected chi connectivity index (χ4v) is 2.27. The van der Waals surface area contributed by atoms with Crippen molar-refractivity contribution in [1.29, 1.82) is 0 Å². The van der Waals surface area contributed by atoms with Crippen molar-refractivity contribution in [3.63, 3.8) is 0 Å². The maximum atomic E-state index is 13.6. The lowest BCUT2D eigenvalue weighted by Crippen LogP contribution is -2.14. The van der Waals surface area contributed by atoms with Gasteiger partial charge in [-0.15, -0.1) is 0 Å². The van der Waals surface area contributed by atoms with Crippen LogP contribution in [0.1, 0.15) is 28.3 Å². The highest BCUT2D eigenvalue weighted by molar-refractivity contribution is 5.32.